The highest BCUT2D eigenvalue weighted by atomic mass is 32.1. The molecule has 1 aliphatic rings. The van der Waals surface area contributed by atoms with E-state index in [0.29, 0.717) is 5.92 Å². The van der Waals surface area contributed by atoms with Crippen molar-refractivity contribution in [2.75, 3.05) is 13.2 Å². The minimum atomic E-state index is 0.689. The lowest BCUT2D eigenvalue weighted by molar-refractivity contribution is 0.194. The predicted octanol–water partition coefficient (Wildman–Crippen LogP) is 2.56. The van der Waals surface area contributed by atoms with Crippen LogP contribution in [-0.2, 0) is 4.74 Å². The number of aryl methyl sites for hydroxylation is 1. The zero-order chi connectivity index (χ0) is 7.68. The van der Waals surface area contributed by atoms with Crippen molar-refractivity contribution in [3.63, 3.8) is 0 Å². The second-order valence-electron chi connectivity index (χ2n) is 3.01. The molecule has 1 aliphatic heterocycles. The van der Waals surface area contributed by atoms with E-state index >= 15 is 0 Å². The van der Waals surface area contributed by atoms with Crippen LogP contribution in [-0.4, -0.2) is 13.2 Å². The van der Waals surface area contributed by atoms with Gasteiger partial charge in [0.15, 0.2) is 0 Å². The second-order valence-corrected chi connectivity index (χ2v) is 4.33. The maximum atomic E-state index is 5.33. The van der Waals surface area contributed by atoms with Crippen LogP contribution in [0, 0.1) is 6.92 Å². The molecule has 2 rings (SSSR count). The minimum Gasteiger partial charge on any atom is -0.381 e. The molecule has 11 heavy (non-hydrogen) atoms. The molecular formula is C9H12OS. The molecule has 0 radical (unpaired) electrons. The summed E-state index contributed by atoms with van der Waals surface area (Å²) in [6.45, 7) is 4.03. The SMILES string of the molecule is Cc1ccc(C2CCOC2)s1. The van der Waals surface area contributed by atoms with Crippen LogP contribution in [0.5, 0.6) is 0 Å². The molecule has 1 fully saturated rings. The third kappa shape index (κ3) is 1.47. The predicted molar refractivity (Wildman–Crippen MR) is 47.2 cm³/mol. The van der Waals surface area contributed by atoms with Gasteiger partial charge in [-0.25, -0.2) is 0 Å². The zero-order valence-corrected chi connectivity index (χ0v) is 7.49. The molecule has 1 aromatic rings. The molecule has 0 N–H and O–H groups in total. The number of ether oxygens (including phenoxy) is 1. The van der Waals surface area contributed by atoms with Gasteiger partial charge in [-0.05, 0) is 25.5 Å². The molecule has 0 saturated carbocycles. The quantitative estimate of drug-likeness (QED) is 0.626. The Balaban J connectivity index is 2.15. The molecular weight excluding hydrogens is 156 g/mol. The van der Waals surface area contributed by atoms with Crippen LogP contribution in [0.25, 0.3) is 0 Å². The summed E-state index contributed by atoms with van der Waals surface area (Å²) in [7, 11) is 0. The smallest absolute Gasteiger partial charge is 0.0543 e. The first kappa shape index (κ1) is 7.32. The van der Waals surface area contributed by atoms with E-state index in [1.807, 2.05) is 11.3 Å². The maximum absolute atomic E-state index is 5.33. The molecule has 0 bridgehead atoms. The van der Waals surface area contributed by atoms with E-state index in [1.165, 1.54) is 16.2 Å². The number of thiophene rings is 1. The van der Waals surface area contributed by atoms with Crippen LogP contribution < -0.4 is 0 Å². The Morgan fingerprint density at radius 3 is 3.00 bits per heavy atom. The van der Waals surface area contributed by atoms with Gasteiger partial charge in [0.25, 0.3) is 0 Å². The van der Waals surface area contributed by atoms with Crippen LogP contribution >= 0.6 is 11.3 Å². The van der Waals surface area contributed by atoms with Gasteiger partial charge >= 0.3 is 0 Å². The van der Waals surface area contributed by atoms with Gasteiger partial charge in [-0.15, -0.1) is 11.3 Å². The van der Waals surface area contributed by atoms with Gasteiger partial charge in [0.1, 0.15) is 0 Å². The van der Waals surface area contributed by atoms with E-state index in [4.69, 9.17) is 4.74 Å². The Bertz CT molecular complexity index is 235. The molecule has 0 aliphatic carbocycles. The highest BCUT2D eigenvalue weighted by Crippen LogP contribution is 2.30. The van der Waals surface area contributed by atoms with Crippen LogP contribution in [0.2, 0.25) is 0 Å². The Labute approximate surface area is 71.0 Å². The Morgan fingerprint density at radius 2 is 2.45 bits per heavy atom. The van der Waals surface area contributed by atoms with Gasteiger partial charge in [0, 0.05) is 22.3 Å². The molecule has 1 saturated heterocycles. The van der Waals surface area contributed by atoms with Gasteiger partial charge < -0.3 is 4.74 Å². The van der Waals surface area contributed by atoms with Crippen LogP contribution in [0.4, 0.5) is 0 Å². The van der Waals surface area contributed by atoms with Gasteiger partial charge in [0.2, 0.25) is 0 Å². The third-order valence-corrected chi connectivity index (χ3v) is 3.26. The molecule has 1 atom stereocenters. The highest BCUT2D eigenvalue weighted by Gasteiger charge is 2.18. The molecule has 2 heterocycles. The standard InChI is InChI=1S/C9H12OS/c1-7-2-3-9(11-7)8-4-5-10-6-8/h2-3,8H,4-6H2,1H3. The maximum Gasteiger partial charge on any atom is 0.0543 e. The fourth-order valence-corrected chi connectivity index (χ4v) is 2.43. The number of hydrogen-bond acceptors (Lipinski definition) is 2. The van der Waals surface area contributed by atoms with Gasteiger partial charge in [-0.2, -0.15) is 0 Å². The van der Waals surface area contributed by atoms with E-state index in [2.05, 4.69) is 19.1 Å². The van der Waals surface area contributed by atoms with E-state index in [0.717, 1.165) is 13.2 Å². The van der Waals surface area contributed by atoms with Gasteiger partial charge in [-0.1, -0.05) is 0 Å². The number of hydrogen-bond donors (Lipinski definition) is 0. The molecule has 0 aromatic carbocycles. The van der Waals surface area contributed by atoms with E-state index in [-0.39, 0.29) is 0 Å². The summed E-state index contributed by atoms with van der Waals surface area (Å²) in [4.78, 5) is 2.91. The summed E-state index contributed by atoms with van der Waals surface area (Å²) in [6, 6.07) is 4.43. The van der Waals surface area contributed by atoms with Gasteiger partial charge in [-0.3, -0.25) is 0 Å². The molecule has 60 valence electrons. The van der Waals surface area contributed by atoms with Crippen LogP contribution in [0.1, 0.15) is 22.1 Å². The first-order chi connectivity index (χ1) is 5.36. The Kier molecular flexibility index (Phi) is 1.96. The van der Waals surface area contributed by atoms with Crippen molar-refractivity contribution in [3.05, 3.63) is 21.9 Å². The largest absolute Gasteiger partial charge is 0.381 e. The van der Waals surface area contributed by atoms with Crippen molar-refractivity contribution in [3.8, 4) is 0 Å². The normalized spacial score (nSPS) is 24.3. The monoisotopic (exact) mass is 168 g/mol. The Morgan fingerprint density at radius 1 is 1.55 bits per heavy atom. The van der Waals surface area contributed by atoms with E-state index in [1.54, 1.807) is 0 Å². The van der Waals surface area contributed by atoms with Crippen molar-refractivity contribution in [2.24, 2.45) is 0 Å². The molecule has 0 spiro atoms. The lowest BCUT2D eigenvalue weighted by atomic mass is 10.1. The van der Waals surface area contributed by atoms with Crippen molar-refractivity contribution < 1.29 is 4.74 Å². The van der Waals surface area contributed by atoms with Crippen LogP contribution in [0.15, 0.2) is 12.1 Å². The summed E-state index contributed by atoms with van der Waals surface area (Å²) in [5, 5.41) is 0. The minimum absolute atomic E-state index is 0.689. The first-order valence-corrected chi connectivity index (χ1v) is 4.82. The number of rotatable bonds is 1. The van der Waals surface area contributed by atoms with Gasteiger partial charge in [0.05, 0.1) is 6.61 Å². The van der Waals surface area contributed by atoms with Crippen molar-refractivity contribution in [2.45, 2.75) is 19.3 Å². The molecule has 1 aromatic heterocycles. The lowest BCUT2D eigenvalue weighted by Gasteiger charge is -2.01. The molecule has 1 nitrogen and oxygen atoms in total. The molecule has 2 heteroatoms. The Hall–Kier alpha value is -0.340. The fraction of sp³-hybridized carbons (Fsp3) is 0.556. The summed E-state index contributed by atoms with van der Waals surface area (Å²) < 4.78 is 5.33. The van der Waals surface area contributed by atoms with Crippen molar-refractivity contribution in [1.29, 1.82) is 0 Å². The summed E-state index contributed by atoms with van der Waals surface area (Å²) in [5.74, 6) is 0.689. The lowest BCUT2D eigenvalue weighted by Crippen LogP contribution is -1.92. The third-order valence-electron chi connectivity index (χ3n) is 2.09. The second kappa shape index (κ2) is 2.95. The molecule has 0 amide bonds. The van der Waals surface area contributed by atoms with E-state index in [9.17, 15) is 0 Å². The highest BCUT2D eigenvalue weighted by molar-refractivity contribution is 7.12. The average Bonchev–Trinajstić information content (AvgIpc) is 2.55. The fourth-order valence-electron chi connectivity index (χ4n) is 1.43. The van der Waals surface area contributed by atoms with Crippen LogP contribution in [0.3, 0.4) is 0 Å². The van der Waals surface area contributed by atoms with Crippen molar-refractivity contribution >= 4 is 11.3 Å². The summed E-state index contributed by atoms with van der Waals surface area (Å²) in [5.41, 5.74) is 0. The van der Waals surface area contributed by atoms with Crippen molar-refractivity contribution in [1.82, 2.24) is 0 Å². The first-order valence-electron chi connectivity index (χ1n) is 4.00. The topological polar surface area (TPSA) is 9.23 Å². The summed E-state index contributed by atoms with van der Waals surface area (Å²) >= 11 is 1.90. The molecule has 1 unspecified atom stereocenters. The summed E-state index contributed by atoms with van der Waals surface area (Å²) in [6.07, 6.45) is 1.21. The zero-order valence-electron chi connectivity index (χ0n) is 6.67. The van der Waals surface area contributed by atoms with E-state index < -0.39 is 0 Å². The average molecular weight is 168 g/mol.